The van der Waals surface area contributed by atoms with Gasteiger partial charge in [0.05, 0.1) is 12.1 Å². The van der Waals surface area contributed by atoms with Gasteiger partial charge < -0.3 is 10.6 Å². The van der Waals surface area contributed by atoms with Crippen molar-refractivity contribution in [3.05, 3.63) is 0 Å². The van der Waals surface area contributed by atoms with Crippen LogP contribution >= 0.6 is 0 Å². The number of urea groups is 1. The molecule has 2 atom stereocenters. The molecule has 1 aliphatic heterocycles. The van der Waals surface area contributed by atoms with Crippen molar-refractivity contribution in [3.63, 3.8) is 0 Å². The Kier molecular flexibility index (Phi) is 1.43. The van der Waals surface area contributed by atoms with E-state index in [4.69, 9.17) is 10.5 Å². The summed E-state index contributed by atoms with van der Waals surface area (Å²) in [6, 6.07) is 1.68. The van der Waals surface area contributed by atoms with Gasteiger partial charge in [0.25, 0.3) is 0 Å². The van der Waals surface area contributed by atoms with Crippen LogP contribution in [0.5, 0.6) is 0 Å². The zero-order chi connectivity index (χ0) is 7.56. The molecule has 0 aromatic heterocycles. The fourth-order valence-corrected chi connectivity index (χ4v) is 0.704. The molecule has 1 aliphatic rings. The van der Waals surface area contributed by atoms with Crippen LogP contribution in [0.25, 0.3) is 0 Å². The first kappa shape index (κ1) is 6.37. The predicted octanol–water partition coefficient (Wildman–Crippen LogP) is -0.916. The fourth-order valence-electron chi connectivity index (χ4n) is 0.704. The summed E-state index contributed by atoms with van der Waals surface area (Å²) < 4.78 is 0. The average molecular weight is 136 g/mol. The highest BCUT2D eigenvalue weighted by Crippen LogP contribution is 1.97. The second-order valence-electron chi connectivity index (χ2n) is 1.83. The molecule has 50 valence electrons. The maximum Gasteiger partial charge on any atom is 0.317 e. The number of hydrogen-bond acceptors (Lipinski definition) is 3. The first-order valence-electron chi connectivity index (χ1n) is 2.64. The molecule has 2 amide bonds. The van der Waals surface area contributed by atoms with Crippen LogP contribution in [0.3, 0.4) is 0 Å². The number of nitriles is 2. The SMILES string of the molecule is N#CC1NC(=O)NC1C#N. The molecule has 0 aromatic rings. The Morgan fingerprint density at radius 1 is 1.20 bits per heavy atom. The van der Waals surface area contributed by atoms with E-state index in [0.29, 0.717) is 0 Å². The molecule has 1 fully saturated rings. The van der Waals surface area contributed by atoms with Crippen LogP contribution in [-0.2, 0) is 0 Å². The number of carbonyl (C=O) groups excluding carboxylic acids is 1. The van der Waals surface area contributed by atoms with E-state index in [2.05, 4.69) is 10.6 Å². The van der Waals surface area contributed by atoms with Crippen LogP contribution in [0.15, 0.2) is 0 Å². The van der Waals surface area contributed by atoms with E-state index in [1.807, 2.05) is 0 Å². The Balaban J connectivity index is 2.71. The van der Waals surface area contributed by atoms with Crippen LogP contribution in [-0.4, -0.2) is 18.1 Å². The first-order valence-corrected chi connectivity index (χ1v) is 2.64. The molecule has 2 unspecified atom stereocenters. The highest BCUT2D eigenvalue weighted by Gasteiger charge is 2.30. The lowest BCUT2D eigenvalue weighted by Crippen LogP contribution is -2.30. The topological polar surface area (TPSA) is 88.7 Å². The molecule has 5 heteroatoms. The van der Waals surface area contributed by atoms with E-state index in [-0.39, 0.29) is 0 Å². The van der Waals surface area contributed by atoms with Crippen molar-refractivity contribution in [3.8, 4) is 12.1 Å². The van der Waals surface area contributed by atoms with Crippen molar-refractivity contribution in [1.29, 1.82) is 10.5 Å². The van der Waals surface area contributed by atoms with Gasteiger partial charge in [-0.25, -0.2) is 4.79 Å². The first-order chi connectivity index (χ1) is 4.77. The van der Waals surface area contributed by atoms with Gasteiger partial charge in [-0.2, -0.15) is 10.5 Å². The van der Waals surface area contributed by atoms with Crippen molar-refractivity contribution in [2.24, 2.45) is 0 Å². The maximum absolute atomic E-state index is 10.5. The number of rotatable bonds is 0. The summed E-state index contributed by atoms with van der Waals surface area (Å²) in [4.78, 5) is 10.5. The Hall–Kier alpha value is -1.75. The molecular weight excluding hydrogens is 132 g/mol. The molecule has 0 bridgehead atoms. The number of amides is 2. The van der Waals surface area contributed by atoms with Crippen LogP contribution < -0.4 is 10.6 Å². The molecule has 1 heterocycles. The minimum atomic E-state index is -0.711. The molecule has 1 saturated heterocycles. The Morgan fingerprint density at radius 3 is 1.90 bits per heavy atom. The molecule has 0 aliphatic carbocycles. The summed E-state index contributed by atoms with van der Waals surface area (Å²) in [6.07, 6.45) is 0. The molecular formula is C5H4N4O. The van der Waals surface area contributed by atoms with Gasteiger partial charge in [0.2, 0.25) is 0 Å². The highest BCUT2D eigenvalue weighted by molar-refractivity contribution is 5.78. The van der Waals surface area contributed by atoms with Crippen molar-refractivity contribution < 1.29 is 4.79 Å². The third-order valence-electron chi connectivity index (χ3n) is 1.18. The van der Waals surface area contributed by atoms with Crippen molar-refractivity contribution in [2.75, 3.05) is 0 Å². The van der Waals surface area contributed by atoms with Gasteiger partial charge in [-0.1, -0.05) is 0 Å². The molecule has 0 aromatic carbocycles. The van der Waals surface area contributed by atoms with E-state index >= 15 is 0 Å². The van der Waals surface area contributed by atoms with Crippen LogP contribution in [0.4, 0.5) is 4.79 Å². The lowest BCUT2D eigenvalue weighted by molar-refractivity contribution is 0.247. The standard InChI is InChI=1S/C5H4N4O/c6-1-3-4(2-7)9-5(10)8-3/h3-4H,(H2,8,9,10). The highest BCUT2D eigenvalue weighted by atomic mass is 16.2. The molecule has 0 radical (unpaired) electrons. The Bertz CT molecular complexity index is 211. The van der Waals surface area contributed by atoms with Gasteiger partial charge >= 0.3 is 6.03 Å². The van der Waals surface area contributed by atoms with E-state index in [0.717, 1.165) is 0 Å². The molecule has 0 spiro atoms. The Morgan fingerprint density at radius 2 is 1.60 bits per heavy atom. The summed E-state index contributed by atoms with van der Waals surface area (Å²) in [5.74, 6) is 0. The summed E-state index contributed by atoms with van der Waals surface area (Å²) in [5, 5.41) is 21.2. The number of nitrogens with one attached hydrogen (secondary N) is 2. The second-order valence-corrected chi connectivity index (χ2v) is 1.83. The average Bonchev–Trinajstić information content (AvgIpc) is 2.30. The van der Waals surface area contributed by atoms with Crippen LogP contribution in [0, 0.1) is 22.7 Å². The lowest BCUT2D eigenvalue weighted by Gasteiger charge is -1.98. The largest absolute Gasteiger partial charge is 0.319 e. The van der Waals surface area contributed by atoms with Gasteiger partial charge in [-0.3, -0.25) is 0 Å². The zero-order valence-electron chi connectivity index (χ0n) is 4.96. The maximum atomic E-state index is 10.5. The minimum Gasteiger partial charge on any atom is -0.319 e. The molecule has 2 N–H and O–H groups in total. The second kappa shape index (κ2) is 2.24. The lowest BCUT2D eigenvalue weighted by atomic mass is 10.2. The van der Waals surface area contributed by atoms with E-state index in [1.165, 1.54) is 0 Å². The van der Waals surface area contributed by atoms with Gasteiger partial charge in [0, 0.05) is 0 Å². The summed E-state index contributed by atoms with van der Waals surface area (Å²) >= 11 is 0. The van der Waals surface area contributed by atoms with Crippen LogP contribution in [0.1, 0.15) is 0 Å². The molecule has 0 saturated carbocycles. The van der Waals surface area contributed by atoms with E-state index in [1.54, 1.807) is 12.1 Å². The van der Waals surface area contributed by atoms with Crippen molar-refractivity contribution in [2.45, 2.75) is 12.1 Å². The number of nitrogens with zero attached hydrogens (tertiary/aromatic N) is 2. The third kappa shape index (κ3) is 0.848. The van der Waals surface area contributed by atoms with Gasteiger partial charge in [0.15, 0.2) is 12.1 Å². The normalized spacial score (nSPS) is 29.6. The van der Waals surface area contributed by atoms with Crippen molar-refractivity contribution >= 4 is 6.03 Å². The predicted molar refractivity (Wildman–Crippen MR) is 30.5 cm³/mol. The van der Waals surface area contributed by atoms with Gasteiger partial charge in [-0.05, 0) is 0 Å². The Labute approximate surface area is 57.2 Å². The van der Waals surface area contributed by atoms with Crippen LogP contribution in [0.2, 0.25) is 0 Å². The van der Waals surface area contributed by atoms with E-state index in [9.17, 15) is 4.79 Å². The molecule has 10 heavy (non-hydrogen) atoms. The monoisotopic (exact) mass is 136 g/mol. The summed E-state index contributed by atoms with van der Waals surface area (Å²) in [7, 11) is 0. The van der Waals surface area contributed by atoms with E-state index < -0.39 is 18.1 Å². The summed E-state index contributed by atoms with van der Waals surface area (Å²) in [5.41, 5.74) is 0. The minimum absolute atomic E-state index is 0.460. The quantitative estimate of drug-likeness (QED) is 0.451. The molecule has 5 nitrogen and oxygen atoms in total. The zero-order valence-corrected chi connectivity index (χ0v) is 4.96. The fraction of sp³-hybridized carbons (Fsp3) is 0.400. The smallest absolute Gasteiger partial charge is 0.317 e. The number of carbonyl (C=O) groups is 1. The number of hydrogen-bond donors (Lipinski definition) is 2. The summed E-state index contributed by atoms with van der Waals surface area (Å²) in [6.45, 7) is 0. The molecule has 1 rings (SSSR count). The van der Waals surface area contributed by atoms with Crippen molar-refractivity contribution in [1.82, 2.24) is 10.6 Å². The van der Waals surface area contributed by atoms with Gasteiger partial charge in [0.1, 0.15) is 0 Å². The van der Waals surface area contributed by atoms with Gasteiger partial charge in [-0.15, -0.1) is 0 Å². The third-order valence-corrected chi connectivity index (χ3v) is 1.18.